The molecule has 2 aromatic rings. The van der Waals surface area contributed by atoms with Gasteiger partial charge >= 0.3 is 0 Å². The fourth-order valence-electron chi connectivity index (χ4n) is 2.88. The van der Waals surface area contributed by atoms with Crippen LogP contribution in [0.25, 0.3) is 0 Å². The number of methoxy groups -OCH3 is 1. The molecular weight excluding hydrogens is 416 g/mol. The molecule has 2 atom stereocenters. The molecule has 0 fully saturated rings. The zero-order chi connectivity index (χ0) is 22.2. The van der Waals surface area contributed by atoms with Gasteiger partial charge in [0.2, 0.25) is 0 Å². The minimum atomic E-state index is -3.65. The summed E-state index contributed by atoms with van der Waals surface area (Å²) < 4.78 is 36.4. The predicted octanol–water partition coefficient (Wildman–Crippen LogP) is 5.71. The zero-order valence-corrected chi connectivity index (χ0v) is 20.3. The maximum Gasteiger partial charge on any atom is 0.271 e. The molecule has 0 saturated carbocycles. The number of ether oxygens (including phenoxy) is 1. The van der Waals surface area contributed by atoms with E-state index >= 15 is 0 Å². The van der Waals surface area contributed by atoms with Crippen molar-refractivity contribution >= 4 is 21.9 Å². The van der Waals surface area contributed by atoms with E-state index in [0.717, 1.165) is 29.9 Å². The third kappa shape index (κ3) is 8.32. The van der Waals surface area contributed by atoms with Crippen LogP contribution in [-0.4, -0.2) is 32.6 Å². The SMILES string of the molecule is COc1ccc(CS[C@@H](CCc2ccccc2)[C@H](C)S(=O)(=O)OCC(C)(C)C)cc1. The molecule has 0 spiro atoms. The molecule has 0 saturated heterocycles. The Bertz CT molecular complexity index is 856. The van der Waals surface area contributed by atoms with E-state index in [4.69, 9.17) is 8.92 Å². The van der Waals surface area contributed by atoms with E-state index < -0.39 is 15.4 Å². The van der Waals surface area contributed by atoms with Crippen molar-refractivity contribution in [2.75, 3.05) is 13.7 Å². The third-order valence-corrected chi connectivity index (χ3v) is 8.25. The fourth-order valence-corrected chi connectivity index (χ4v) is 5.92. The molecule has 0 N–H and O–H groups in total. The largest absolute Gasteiger partial charge is 0.497 e. The first-order valence-electron chi connectivity index (χ1n) is 10.3. The van der Waals surface area contributed by atoms with Crippen LogP contribution in [0.2, 0.25) is 0 Å². The molecule has 166 valence electrons. The molecule has 0 amide bonds. The highest BCUT2D eigenvalue weighted by Crippen LogP contribution is 2.30. The Balaban J connectivity index is 2.09. The van der Waals surface area contributed by atoms with Crippen LogP contribution in [0.5, 0.6) is 5.75 Å². The highest BCUT2D eigenvalue weighted by Gasteiger charge is 2.32. The Kier molecular flexibility index (Phi) is 9.26. The first-order valence-corrected chi connectivity index (χ1v) is 12.8. The van der Waals surface area contributed by atoms with Crippen LogP contribution in [0, 0.1) is 5.41 Å². The number of thioether (sulfide) groups is 1. The number of aryl methyl sites for hydroxylation is 1. The minimum Gasteiger partial charge on any atom is -0.497 e. The lowest BCUT2D eigenvalue weighted by atomic mass is 9.99. The van der Waals surface area contributed by atoms with Crippen molar-refractivity contribution in [3.63, 3.8) is 0 Å². The first-order chi connectivity index (χ1) is 14.1. The Morgan fingerprint density at radius 2 is 1.60 bits per heavy atom. The second kappa shape index (κ2) is 11.2. The van der Waals surface area contributed by atoms with Gasteiger partial charge in [-0.05, 0) is 48.4 Å². The van der Waals surface area contributed by atoms with Crippen LogP contribution in [0.15, 0.2) is 54.6 Å². The van der Waals surface area contributed by atoms with Gasteiger partial charge in [-0.15, -0.1) is 0 Å². The number of rotatable bonds is 11. The summed E-state index contributed by atoms with van der Waals surface area (Å²) in [5.74, 6) is 1.55. The smallest absolute Gasteiger partial charge is 0.271 e. The van der Waals surface area contributed by atoms with Crippen molar-refractivity contribution in [2.24, 2.45) is 5.41 Å². The lowest BCUT2D eigenvalue weighted by Gasteiger charge is -2.25. The highest BCUT2D eigenvalue weighted by molar-refractivity contribution is 8.00. The van der Waals surface area contributed by atoms with E-state index in [0.29, 0.717) is 0 Å². The van der Waals surface area contributed by atoms with Crippen molar-refractivity contribution in [3.8, 4) is 5.75 Å². The van der Waals surface area contributed by atoms with Gasteiger partial charge in [0, 0.05) is 11.0 Å². The summed E-state index contributed by atoms with van der Waals surface area (Å²) in [6, 6.07) is 18.1. The Labute approximate surface area is 186 Å². The molecule has 0 unspecified atom stereocenters. The summed E-state index contributed by atoms with van der Waals surface area (Å²) >= 11 is 1.68. The molecule has 4 nitrogen and oxygen atoms in total. The molecule has 2 rings (SSSR count). The molecule has 2 aromatic carbocycles. The monoisotopic (exact) mass is 450 g/mol. The predicted molar refractivity (Wildman–Crippen MR) is 127 cm³/mol. The van der Waals surface area contributed by atoms with Crippen LogP contribution >= 0.6 is 11.8 Å². The summed E-state index contributed by atoms with van der Waals surface area (Å²) in [5.41, 5.74) is 2.15. The average molecular weight is 451 g/mol. The summed E-state index contributed by atoms with van der Waals surface area (Å²) in [6.07, 6.45) is 1.60. The quantitative estimate of drug-likeness (QED) is 0.410. The van der Waals surface area contributed by atoms with Crippen molar-refractivity contribution in [2.45, 2.75) is 56.8 Å². The van der Waals surface area contributed by atoms with E-state index in [1.165, 1.54) is 5.56 Å². The average Bonchev–Trinajstić information content (AvgIpc) is 2.72. The van der Waals surface area contributed by atoms with E-state index in [9.17, 15) is 8.42 Å². The van der Waals surface area contributed by atoms with Crippen molar-refractivity contribution < 1.29 is 17.3 Å². The minimum absolute atomic E-state index is 0.0720. The first kappa shape index (κ1) is 24.8. The molecule has 30 heavy (non-hydrogen) atoms. The lowest BCUT2D eigenvalue weighted by Crippen LogP contribution is -2.33. The van der Waals surface area contributed by atoms with Gasteiger partial charge in [-0.25, -0.2) is 0 Å². The maximum atomic E-state index is 12.9. The molecule has 0 aliphatic rings. The summed E-state index contributed by atoms with van der Waals surface area (Å²) in [7, 11) is -2.01. The zero-order valence-electron chi connectivity index (χ0n) is 18.6. The van der Waals surface area contributed by atoms with Gasteiger partial charge in [-0.3, -0.25) is 4.18 Å². The molecule has 0 aromatic heterocycles. The molecular formula is C24H34O4S2. The molecule has 0 bridgehead atoms. The van der Waals surface area contributed by atoms with Gasteiger partial charge in [-0.2, -0.15) is 20.2 Å². The van der Waals surface area contributed by atoms with Gasteiger partial charge in [0.15, 0.2) is 0 Å². The second-order valence-corrected chi connectivity index (χ2v) is 11.9. The Morgan fingerprint density at radius 1 is 0.967 bits per heavy atom. The molecule has 0 heterocycles. The van der Waals surface area contributed by atoms with Gasteiger partial charge in [-0.1, -0.05) is 63.2 Å². The van der Waals surface area contributed by atoms with Crippen molar-refractivity contribution in [3.05, 3.63) is 65.7 Å². The van der Waals surface area contributed by atoms with Crippen molar-refractivity contribution in [1.82, 2.24) is 0 Å². The highest BCUT2D eigenvalue weighted by atomic mass is 32.2. The summed E-state index contributed by atoms with van der Waals surface area (Å²) in [4.78, 5) is 0. The topological polar surface area (TPSA) is 52.6 Å². The summed E-state index contributed by atoms with van der Waals surface area (Å²) in [5, 5.41) is -0.663. The lowest BCUT2D eigenvalue weighted by molar-refractivity contribution is 0.201. The van der Waals surface area contributed by atoms with Gasteiger partial charge in [0.25, 0.3) is 10.1 Å². The number of hydrogen-bond donors (Lipinski definition) is 0. The molecule has 0 aliphatic heterocycles. The van der Waals surface area contributed by atoms with E-state index in [2.05, 4.69) is 12.1 Å². The van der Waals surface area contributed by atoms with Crippen LogP contribution in [0.3, 0.4) is 0 Å². The molecule has 0 aliphatic carbocycles. The van der Waals surface area contributed by atoms with Gasteiger partial charge in [0.1, 0.15) is 5.75 Å². The maximum absolute atomic E-state index is 12.9. The summed E-state index contributed by atoms with van der Waals surface area (Å²) in [6.45, 7) is 7.87. The van der Waals surface area contributed by atoms with E-state index in [-0.39, 0.29) is 17.3 Å². The van der Waals surface area contributed by atoms with Crippen LogP contribution in [-0.2, 0) is 26.5 Å². The Hall–Kier alpha value is -1.50. The van der Waals surface area contributed by atoms with E-state index in [1.54, 1.807) is 25.8 Å². The second-order valence-electron chi connectivity index (χ2n) is 8.74. The van der Waals surface area contributed by atoms with Crippen LogP contribution < -0.4 is 4.74 Å². The van der Waals surface area contributed by atoms with Crippen molar-refractivity contribution in [1.29, 1.82) is 0 Å². The standard InChI is InChI=1S/C24H34O4S2/c1-19(30(25,26)28-18-24(2,3)4)23(16-13-20-9-7-6-8-10-20)29-17-21-11-14-22(27-5)15-12-21/h6-12,14-15,19,23H,13,16-18H2,1-5H3/t19-,23-/m0/s1. The normalized spacial score (nSPS) is 14.3. The van der Waals surface area contributed by atoms with Gasteiger partial charge in [0.05, 0.1) is 19.0 Å². The molecule has 6 heteroatoms. The molecule has 0 radical (unpaired) electrons. The number of hydrogen-bond acceptors (Lipinski definition) is 5. The third-order valence-electron chi connectivity index (χ3n) is 4.82. The number of benzene rings is 2. The van der Waals surface area contributed by atoms with Crippen LogP contribution in [0.1, 0.15) is 45.2 Å². The van der Waals surface area contributed by atoms with Crippen LogP contribution in [0.4, 0.5) is 0 Å². The van der Waals surface area contributed by atoms with E-state index in [1.807, 2.05) is 63.2 Å². The Morgan fingerprint density at radius 3 is 2.17 bits per heavy atom. The fraction of sp³-hybridized carbons (Fsp3) is 0.500. The van der Waals surface area contributed by atoms with Gasteiger partial charge < -0.3 is 4.74 Å².